The smallest absolute Gasteiger partial charge is 0.0465 e. The van der Waals surface area contributed by atoms with Crippen molar-refractivity contribution in [2.45, 2.75) is 57.8 Å². The largest absolute Gasteiger partial charge is 0.310 e. The highest BCUT2D eigenvalue weighted by Crippen LogP contribution is 2.55. The average Bonchev–Trinajstić information content (AvgIpc) is 3.75. The van der Waals surface area contributed by atoms with E-state index in [9.17, 15) is 0 Å². The van der Waals surface area contributed by atoms with Gasteiger partial charge in [-0.05, 0) is 148 Å². The Kier molecular flexibility index (Phi) is 7.16. The topological polar surface area (TPSA) is 3.24 Å². The van der Waals surface area contributed by atoms with Gasteiger partial charge in [0.15, 0.2) is 0 Å². The van der Waals surface area contributed by atoms with Gasteiger partial charge in [0.25, 0.3) is 0 Å². The van der Waals surface area contributed by atoms with E-state index < -0.39 is 0 Å². The van der Waals surface area contributed by atoms with Crippen molar-refractivity contribution >= 4 is 38.6 Å². The summed E-state index contributed by atoms with van der Waals surface area (Å²) in [4.78, 5) is 2.52. The fourth-order valence-corrected chi connectivity index (χ4v) is 11.4. The summed E-state index contributed by atoms with van der Waals surface area (Å²) in [6, 6.07) is 66.7. The molecule has 1 nitrogen and oxygen atoms in total. The predicted molar refractivity (Wildman–Crippen MR) is 254 cm³/mol. The number of anilines is 3. The highest BCUT2D eigenvalue weighted by Gasteiger charge is 2.39. The maximum Gasteiger partial charge on any atom is 0.0465 e. The zero-order chi connectivity index (χ0) is 40.7. The van der Waals surface area contributed by atoms with Crippen molar-refractivity contribution in [2.24, 2.45) is 0 Å². The lowest BCUT2D eigenvalue weighted by atomic mass is 9.81. The molecule has 0 aliphatic heterocycles. The number of fused-ring (bicyclic) bond motifs is 12. The first-order valence-electron chi connectivity index (χ1n) is 21.5. The second-order valence-electron chi connectivity index (χ2n) is 18.9. The minimum absolute atomic E-state index is 0.106. The first-order chi connectivity index (χ1) is 29.0. The van der Waals surface area contributed by atoms with Crippen molar-refractivity contribution in [3.8, 4) is 44.5 Å². The SMILES string of the molecule is CC1(C)c2ccccc2-c2ccc(N(c3ccc4c(c3)C(C)(C)c3ccccc3-4)c3ccc4c(c3)C(C)(C)c3cc(-c5cc6ccccc6c6ccccc56)ccc3-4)cc21. The Balaban J connectivity index is 1.02. The molecule has 0 heterocycles. The molecule has 0 bridgehead atoms. The number of hydrogen-bond acceptors (Lipinski definition) is 1. The molecule has 9 aromatic carbocycles. The lowest BCUT2D eigenvalue weighted by Gasteiger charge is -2.31. The van der Waals surface area contributed by atoms with Gasteiger partial charge in [-0.15, -0.1) is 0 Å². The summed E-state index contributed by atoms with van der Waals surface area (Å²) >= 11 is 0. The van der Waals surface area contributed by atoms with Crippen LogP contribution < -0.4 is 4.90 Å². The van der Waals surface area contributed by atoms with Gasteiger partial charge in [-0.1, -0.05) is 169 Å². The molecule has 288 valence electrons. The molecule has 0 amide bonds. The Morgan fingerprint density at radius 2 is 0.667 bits per heavy atom. The second kappa shape index (κ2) is 12.2. The first kappa shape index (κ1) is 35.3. The van der Waals surface area contributed by atoms with Gasteiger partial charge in [0.05, 0.1) is 0 Å². The maximum absolute atomic E-state index is 2.52. The molecule has 0 saturated carbocycles. The van der Waals surface area contributed by atoms with Crippen molar-refractivity contribution < 1.29 is 0 Å². The molecule has 9 aromatic rings. The van der Waals surface area contributed by atoms with E-state index in [0.717, 1.165) is 0 Å². The zero-order valence-electron chi connectivity index (χ0n) is 35.2. The molecule has 3 aliphatic carbocycles. The van der Waals surface area contributed by atoms with Crippen LogP contribution in [-0.2, 0) is 16.2 Å². The second-order valence-corrected chi connectivity index (χ2v) is 18.9. The Labute approximate surface area is 353 Å². The average molecular weight is 770 g/mol. The van der Waals surface area contributed by atoms with Crippen LogP contribution in [0.4, 0.5) is 17.1 Å². The third-order valence-corrected chi connectivity index (χ3v) is 14.6. The first-order valence-corrected chi connectivity index (χ1v) is 21.5. The van der Waals surface area contributed by atoms with Crippen LogP contribution in [0.25, 0.3) is 66.1 Å². The van der Waals surface area contributed by atoms with Crippen LogP contribution in [-0.4, -0.2) is 0 Å². The molecule has 0 spiro atoms. The van der Waals surface area contributed by atoms with Crippen LogP contribution in [0.3, 0.4) is 0 Å². The summed E-state index contributed by atoms with van der Waals surface area (Å²) in [5.41, 5.74) is 22.0. The summed E-state index contributed by atoms with van der Waals surface area (Å²) in [5.74, 6) is 0. The number of rotatable bonds is 4. The zero-order valence-corrected chi connectivity index (χ0v) is 35.2. The molecule has 12 rings (SSSR count). The van der Waals surface area contributed by atoms with E-state index in [-0.39, 0.29) is 16.2 Å². The molecule has 0 aromatic heterocycles. The highest BCUT2D eigenvalue weighted by atomic mass is 15.1. The van der Waals surface area contributed by atoms with Crippen molar-refractivity contribution in [3.05, 3.63) is 209 Å². The van der Waals surface area contributed by atoms with Gasteiger partial charge in [-0.3, -0.25) is 0 Å². The van der Waals surface area contributed by atoms with Crippen LogP contribution in [0.15, 0.2) is 176 Å². The Morgan fingerprint density at radius 1 is 0.283 bits per heavy atom. The van der Waals surface area contributed by atoms with E-state index in [1.807, 2.05) is 0 Å². The number of benzene rings is 9. The Bertz CT molecular complexity index is 3190. The lowest BCUT2D eigenvalue weighted by Crippen LogP contribution is -2.19. The molecular weight excluding hydrogens is 723 g/mol. The van der Waals surface area contributed by atoms with Crippen molar-refractivity contribution in [2.75, 3.05) is 4.90 Å². The fourth-order valence-electron chi connectivity index (χ4n) is 11.4. The summed E-state index contributed by atoms with van der Waals surface area (Å²) in [6.45, 7) is 14.4. The van der Waals surface area contributed by atoms with Gasteiger partial charge < -0.3 is 4.90 Å². The molecule has 0 saturated heterocycles. The quantitative estimate of drug-likeness (QED) is 0.161. The summed E-state index contributed by atoms with van der Waals surface area (Å²) in [6.07, 6.45) is 0. The van der Waals surface area contributed by atoms with Gasteiger partial charge >= 0.3 is 0 Å². The van der Waals surface area contributed by atoms with E-state index >= 15 is 0 Å². The Hall–Kier alpha value is -6.70. The molecule has 60 heavy (non-hydrogen) atoms. The lowest BCUT2D eigenvalue weighted by molar-refractivity contribution is 0.659. The van der Waals surface area contributed by atoms with Gasteiger partial charge in [0.1, 0.15) is 0 Å². The number of nitrogens with zero attached hydrogens (tertiary/aromatic N) is 1. The van der Waals surface area contributed by atoms with Gasteiger partial charge in [-0.25, -0.2) is 0 Å². The Morgan fingerprint density at radius 3 is 1.20 bits per heavy atom. The van der Waals surface area contributed by atoms with Gasteiger partial charge in [0, 0.05) is 33.3 Å². The fraction of sp³-hybridized carbons (Fsp3) is 0.153. The van der Waals surface area contributed by atoms with Crippen molar-refractivity contribution in [1.82, 2.24) is 0 Å². The van der Waals surface area contributed by atoms with E-state index in [2.05, 4.69) is 222 Å². The van der Waals surface area contributed by atoms with E-state index in [1.54, 1.807) is 0 Å². The molecule has 3 aliphatic rings. The monoisotopic (exact) mass is 769 g/mol. The highest BCUT2D eigenvalue weighted by molar-refractivity contribution is 6.14. The minimum atomic E-state index is -0.210. The molecular formula is C59H47N. The molecule has 0 unspecified atom stereocenters. The van der Waals surface area contributed by atoms with Crippen LogP contribution in [0.5, 0.6) is 0 Å². The summed E-state index contributed by atoms with van der Waals surface area (Å²) in [5, 5.41) is 5.17. The van der Waals surface area contributed by atoms with Crippen LogP contribution in [0, 0.1) is 0 Å². The standard InChI is InChI=1S/C59H47N/c1-57(2)51-21-13-11-19-44(51)47-28-24-38(33-54(47)57)60(39-25-29-48-45-20-12-14-22-52(45)58(3,4)55(48)34-39)40-26-30-49-46-27-23-37(32-53(46)59(5,6)56(49)35-40)50-31-36-15-7-8-16-41(36)42-17-9-10-18-43(42)50/h7-35H,1-6H3. The molecule has 0 fully saturated rings. The van der Waals surface area contributed by atoms with Crippen LogP contribution in [0.2, 0.25) is 0 Å². The molecule has 0 atom stereocenters. The van der Waals surface area contributed by atoms with E-state index in [4.69, 9.17) is 0 Å². The number of hydrogen-bond donors (Lipinski definition) is 0. The maximum atomic E-state index is 2.52. The van der Waals surface area contributed by atoms with Crippen molar-refractivity contribution in [3.63, 3.8) is 0 Å². The van der Waals surface area contributed by atoms with Crippen LogP contribution in [0.1, 0.15) is 74.9 Å². The van der Waals surface area contributed by atoms with E-state index in [1.165, 1.54) is 116 Å². The summed E-state index contributed by atoms with van der Waals surface area (Å²) in [7, 11) is 0. The minimum Gasteiger partial charge on any atom is -0.310 e. The molecule has 0 radical (unpaired) electrons. The molecule has 1 heteroatoms. The van der Waals surface area contributed by atoms with Crippen LogP contribution >= 0.6 is 0 Å². The normalized spacial score (nSPS) is 15.6. The third kappa shape index (κ3) is 4.75. The molecule has 0 N–H and O–H groups in total. The van der Waals surface area contributed by atoms with E-state index in [0.29, 0.717) is 0 Å². The third-order valence-electron chi connectivity index (χ3n) is 14.6. The van der Waals surface area contributed by atoms with Gasteiger partial charge in [0.2, 0.25) is 0 Å². The van der Waals surface area contributed by atoms with Crippen molar-refractivity contribution in [1.29, 1.82) is 0 Å². The van der Waals surface area contributed by atoms with Gasteiger partial charge in [-0.2, -0.15) is 0 Å². The summed E-state index contributed by atoms with van der Waals surface area (Å²) < 4.78 is 0. The predicted octanol–water partition coefficient (Wildman–Crippen LogP) is 16.0.